The molecule has 0 saturated carbocycles. The van der Waals surface area contributed by atoms with Crippen LogP contribution in [0.15, 0.2) is 48.5 Å². The number of rotatable bonds is 8. The first kappa shape index (κ1) is 20.5. The van der Waals surface area contributed by atoms with Crippen molar-refractivity contribution in [3.8, 4) is 11.5 Å². The summed E-state index contributed by atoms with van der Waals surface area (Å²) >= 11 is 0. The second-order valence-electron chi connectivity index (χ2n) is 5.58. The summed E-state index contributed by atoms with van der Waals surface area (Å²) in [4.78, 5) is 19.4. The summed E-state index contributed by atoms with van der Waals surface area (Å²) in [7, 11) is -10.8. The fraction of sp³-hybridized carbons (Fsp3) is 0.250. The van der Waals surface area contributed by atoms with Gasteiger partial charge in [-0.15, -0.1) is 0 Å². The smallest absolute Gasteiger partial charge is 0.127 e. The van der Waals surface area contributed by atoms with E-state index in [1.165, 1.54) is 24.3 Å². The Labute approximate surface area is 150 Å². The highest BCUT2D eigenvalue weighted by Gasteiger charge is 2.20. The summed E-state index contributed by atoms with van der Waals surface area (Å²) in [5, 5.41) is 0. The molecule has 0 aliphatic carbocycles. The van der Waals surface area contributed by atoms with Gasteiger partial charge in [-0.1, -0.05) is 19.7 Å². The molecular formula is C16H15FO7PS-3. The second-order valence-corrected chi connectivity index (χ2v) is 9.19. The van der Waals surface area contributed by atoms with Gasteiger partial charge in [0.05, 0.1) is 4.99 Å². The van der Waals surface area contributed by atoms with Gasteiger partial charge in [0.25, 0.3) is 0 Å². The van der Waals surface area contributed by atoms with Crippen molar-refractivity contribution in [1.29, 1.82) is 0 Å². The largest absolute Gasteiger partial charge is 0.810 e. The van der Waals surface area contributed by atoms with Crippen LogP contribution in [0.2, 0.25) is 0 Å². The topological polar surface area (TPSA) is 130 Å². The molecule has 0 amide bonds. The Morgan fingerprint density at radius 3 is 2.31 bits per heavy atom. The van der Waals surface area contributed by atoms with Crippen LogP contribution in [-0.4, -0.2) is 18.0 Å². The molecule has 142 valence electrons. The molecule has 26 heavy (non-hydrogen) atoms. The maximum atomic E-state index is 12.9. The van der Waals surface area contributed by atoms with E-state index in [2.05, 4.69) is 0 Å². The lowest BCUT2D eigenvalue weighted by Crippen LogP contribution is -2.32. The Hall–Kier alpha value is -1.77. The minimum atomic E-state index is -5.53. The summed E-state index contributed by atoms with van der Waals surface area (Å²) in [5.41, 5.74) is 0.693. The van der Waals surface area contributed by atoms with E-state index in [-0.39, 0.29) is 12.8 Å². The van der Waals surface area contributed by atoms with Crippen molar-refractivity contribution in [3.63, 3.8) is 0 Å². The van der Waals surface area contributed by atoms with Gasteiger partial charge in [0.2, 0.25) is 0 Å². The SMILES string of the molecule is O=P([O-])([O-])C(CCCc1cccc(Oc2ccc(F)cc2)c1)S(=O)(=O)[O-]. The van der Waals surface area contributed by atoms with Crippen LogP contribution in [0.3, 0.4) is 0 Å². The van der Waals surface area contributed by atoms with Crippen molar-refractivity contribution in [2.24, 2.45) is 0 Å². The molecule has 0 aliphatic rings. The maximum Gasteiger partial charge on any atom is 0.127 e. The molecule has 2 aromatic carbocycles. The lowest BCUT2D eigenvalue weighted by molar-refractivity contribution is -0.314. The molecule has 1 atom stereocenters. The summed E-state index contributed by atoms with van der Waals surface area (Å²) in [6.45, 7) is 0. The molecule has 1 unspecified atom stereocenters. The molecule has 2 rings (SSSR count). The number of aryl methyl sites for hydroxylation is 1. The van der Waals surface area contributed by atoms with Gasteiger partial charge in [0, 0.05) is 0 Å². The monoisotopic (exact) mass is 401 g/mol. The zero-order valence-electron chi connectivity index (χ0n) is 13.4. The molecule has 0 bridgehead atoms. The van der Waals surface area contributed by atoms with Crippen molar-refractivity contribution >= 4 is 17.7 Å². The zero-order valence-corrected chi connectivity index (χ0v) is 15.1. The van der Waals surface area contributed by atoms with Gasteiger partial charge >= 0.3 is 0 Å². The average molecular weight is 401 g/mol. The molecule has 2 aromatic rings. The third kappa shape index (κ3) is 6.19. The predicted octanol–water partition coefficient (Wildman–Crippen LogP) is 1.73. The van der Waals surface area contributed by atoms with Gasteiger partial charge in [-0.3, -0.25) is 0 Å². The molecule has 0 spiro atoms. The molecule has 0 aliphatic heterocycles. The number of hydrogen-bond acceptors (Lipinski definition) is 7. The molecule has 0 saturated heterocycles. The van der Waals surface area contributed by atoms with E-state index < -0.39 is 34.9 Å². The lowest BCUT2D eigenvalue weighted by Gasteiger charge is -2.39. The Morgan fingerprint density at radius 2 is 1.73 bits per heavy atom. The average Bonchev–Trinajstić information content (AvgIpc) is 2.52. The Bertz CT molecular complexity index is 893. The Balaban J connectivity index is 2.00. The molecule has 0 N–H and O–H groups in total. The molecule has 0 radical (unpaired) electrons. The predicted molar refractivity (Wildman–Crippen MR) is 86.9 cm³/mol. The fourth-order valence-electron chi connectivity index (χ4n) is 2.34. The molecule has 0 fully saturated rings. The minimum absolute atomic E-state index is 0.0145. The van der Waals surface area contributed by atoms with Crippen molar-refractivity contribution in [1.82, 2.24) is 0 Å². The fourth-order valence-corrected chi connectivity index (χ4v) is 4.56. The van der Waals surface area contributed by atoms with Crippen LogP contribution in [0.4, 0.5) is 4.39 Å². The van der Waals surface area contributed by atoms with E-state index in [0.29, 0.717) is 17.1 Å². The first-order valence-corrected chi connectivity index (χ1v) is 10.6. The highest BCUT2D eigenvalue weighted by atomic mass is 32.2. The lowest BCUT2D eigenvalue weighted by atomic mass is 10.1. The Kier molecular flexibility index (Phi) is 6.54. The summed E-state index contributed by atoms with van der Waals surface area (Å²) in [6.07, 6.45) is -0.313. The van der Waals surface area contributed by atoms with Crippen LogP contribution < -0.4 is 14.5 Å². The first-order chi connectivity index (χ1) is 12.1. The van der Waals surface area contributed by atoms with E-state index in [0.717, 1.165) is 0 Å². The van der Waals surface area contributed by atoms with E-state index >= 15 is 0 Å². The van der Waals surface area contributed by atoms with Crippen molar-refractivity contribution in [3.05, 3.63) is 59.9 Å². The number of benzene rings is 2. The van der Waals surface area contributed by atoms with Crippen LogP contribution in [0.5, 0.6) is 11.5 Å². The summed E-state index contributed by atoms with van der Waals surface area (Å²) in [5.74, 6) is 0.461. The number of ether oxygens (including phenoxy) is 1. The van der Waals surface area contributed by atoms with Gasteiger partial charge in [-0.25, -0.2) is 12.8 Å². The Morgan fingerprint density at radius 1 is 1.08 bits per heavy atom. The second kappa shape index (κ2) is 8.28. The summed E-state index contributed by atoms with van der Waals surface area (Å²) in [6, 6.07) is 12.0. The summed E-state index contributed by atoms with van der Waals surface area (Å²) < 4.78 is 62.2. The van der Waals surface area contributed by atoms with E-state index in [1.807, 2.05) is 0 Å². The zero-order chi connectivity index (χ0) is 19.4. The standard InChI is InChI=1S/C16H18FO7PS/c17-13-7-9-14(10-8-13)24-15-5-1-3-12(11-15)4-2-6-16(25(18,19)20)26(21,22)23/h1,3,5,7-11,16H,2,4,6H2,(H2,18,19,20)(H,21,22,23)/p-3. The molecule has 10 heteroatoms. The van der Waals surface area contributed by atoms with Gasteiger partial charge in [-0.05, 0) is 61.2 Å². The third-order valence-electron chi connectivity index (χ3n) is 3.55. The van der Waals surface area contributed by atoms with E-state index in [4.69, 9.17) is 4.74 Å². The quantitative estimate of drug-likeness (QED) is 0.486. The molecule has 0 aromatic heterocycles. The highest BCUT2D eigenvalue weighted by Crippen LogP contribution is 2.38. The normalized spacial score (nSPS) is 13.4. The number of hydrogen-bond donors (Lipinski definition) is 0. The molecule has 0 heterocycles. The van der Waals surface area contributed by atoms with Gasteiger partial charge < -0.3 is 23.6 Å². The van der Waals surface area contributed by atoms with Crippen molar-refractivity contribution < 1.29 is 36.4 Å². The molecule has 7 nitrogen and oxygen atoms in total. The highest BCUT2D eigenvalue weighted by molar-refractivity contribution is 7.93. The minimum Gasteiger partial charge on any atom is -0.810 e. The van der Waals surface area contributed by atoms with Crippen LogP contribution in [0, 0.1) is 5.82 Å². The van der Waals surface area contributed by atoms with Crippen LogP contribution in [-0.2, 0) is 21.1 Å². The molecular weight excluding hydrogens is 386 g/mol. The van der Waals surface area contributed by atoms with Gasteiger partial charge in [0.1, 0.15) is 27.4 Å². The maximum absolute atomic E-state index is 12.9. The van der Waals surface area contributed by atoms with Gasteiger partial charge in [-0.2, -0.15) is 0 Å². The first-order valence-electron chi connectivity index (χ1n) is 7.54. The van der Waals surface area contributed by atoms with Crippen LogP contribution >= 0.6 is 7.60 Å². The van der Waals surface area contributed by atoms with E-state index in [1.54, 1.807) is 24.3 Å². The van der Waals surface area contributed by atoms with E-state index in [9.17, 15) is 31.7 Å². The van der Waals surface area contributed by atoms with Crippen molar-refractivity contribution in [2.75, 3.05) is 0 Å². The van der Waals surface area contributed by atoms with Gasteiger partial charge in [0.15, 0.2) is 0 Å². The third-order valence-corrected chi connectivity index (χ3v) is 6.97. The van der Waals surface area contributed by atoms with Crippen molar-refractivity contribution in [2.45, 2.75) is 24.3 Å². The van der Waals surface area contributed by atoms with Crippen LogP contribution in [0.25, 0.3) is 0 Å². The van der Waals surface area contributed by atoms with Crippen LogP contribution in [0.1, 0.15) is 18.4 Å². The number of halogens is 1.